The van der Waals surface area contributed by atoms with E-state index in [1.54, 1.807) is 0 Å². The van der Waals surface area contributed by atoms with E-state index in [2.05, 4.69) is 23.1 Å². The van der Waals surface area contributed by atoms with Crippen LogP contribution in [0.3, 0.4) is 0 Å². The Morgan fingerprint density at radius 3 is 2.70 bits per heavy atom. The highest BCUT2D eigenvalue weighted by Crippen LogP contribution is 2.36. The molecule has 2 heterocycles. The van der Waals surface area contributed by atoms with Crippen LogP contribution in [-0.4, -0.2) is 41.1 Å². The molecule has 0 bridgehead atoms. The fourth-order valence-electron chi connectivity index (χ4n) is 3.07. The molecule has 1 fully saturated rings. The van der Waals surface area contributed by atoms with E-state index >= 15 is 0 Å². The van der Waals surface area contributed by atoms with Crippen LogP contribution in [0.2, 0.25) is 0 Å². The Kier molecular flexibility index (Phi) is 3.21. The van der Waals surface area contributed by atoms with Gasteiger partial charge in [-0.3, -0.25) is 9.80 Å². The summed E-state index contributed by atoms with van der Waals surface area (Å²) in [4.78, 5) is 16.6. The second kappa shape index (κ2) is 4.77. The fraction of sp³-hybridized carbons (Fsp3) is 0.562. The Bertz CT molecular complexity index is 521. The van der Waals surface area contributed by atoms with Crippen molar-refractivity contribution in [3.63, 3.8) is 0 Å². The van der Waals surface area contributed by atoms with E-state index < -0.39 is 5.60 Å². The average Bonchev–Trinajstić information content (AvgIpc) is 2.81. The number of fused-ring (bicyclic) bond motifs is 3. The number of carbonyl (C=O) groups is 1. The summed E-state index contributed by atoms with van der Waals surface area (Å²) < 4.78 is 5.55. The monoisotopic (exact) mass is 274 g/mol. The van der Waals surface area contributed by atoms with Crippen molar-refractivity contribution in [1.29, 1.82) is 0 Å². The minimum absolute atomic E-state index is 0.0507. The summed E-state index contributed by atoms with van der Waals surface area (Å²) in [6.45, 7) is 8.42. The summed E-state index contributed by atoms with van der Waals surface area (Å²) in [5, 5.41) is 0. The summed E-state index contributed by atoms with van der Waals surface area (Å²) in [6, 6.07) is 8.42. The van der Waals surface area contributed by atoms with Gasteiger partial charge in [0.2, 0.25) is 0 Å². The van der Waals surface area contributed by atoms with Gasteiger partial charge in [0.05, 0.1) is 0 Å². The Labute approximate surface area is 120 Å². The van der Waals surface area contributed by atoms with Crippen LogP contribution in [0.5, 0.6) is 0 Å². The number of rotatable bonds is 0. The van der Waals surface area contributed by atoms with Crippen LogP contribution in [0.15, 0.2) is 24.3 Å². The van der Waals surface area contributed by atoms with Gasteiger partial charge in [0.25, 0.3) is 0 Å². The van der Waals surface area contributed by atoms with Crippen molar-refractivity contribution < 1.29 is 9.53 Å². The van der Waals surface area contributed by atoms with Crippen molar-refractivity contribution in [1.82, 2.24) is 9.80 Å². The predicted octanol–water partition coefficient (Wildman–Crippen LogP) is 2.79. The molecule has 4 heteroatoms. The number of hydrogen-bond donors (Lipinski definition) is 0. The highest BCUT2D eigenvalue weighted by atomic mass is 16.6. The van der Waals surface area contributed by atoms with E-state index in [1.165, 1.54) is 11.1 Å². The van der Waals surface area contributed by atoms with Gasteiger partial charge in [-0.2, -0.15) is 0 Å². The molecule has 1 saturated heterocycles. The van der Waals surface area contributed by atoms with Crippen LogP contribution in [-0.2, 0) is 11.2 Å². The van der Waals surface area contributed by atoms with Crippen LogP contribution in [0, 0.1) is 0 Å². The summed E-state index contributed by atoms with van der Waals surface area (Å²) in [5.74, 6) is 0. The van der Waals surface area contributed by atoms with Crippen LogP contribution < -0.4 is 0 Å². The zero-order valence-electron chi connectivity index (χ0n) is 12.4. The van der Waals surface area contributed by atoms with Crippen molar-refractivity contribution in [2.45, 2.75) is 39.0 Å². The van der Waals surface area contributed by atoms with Crippen molar-refractivity contribution in [2.75, 3.05) is 19.6 Å². The molecular formula is C16H22N2O2. The van der Waals surface area contributed by atoms with Gasteiger partial charge in [0, 0.05) is 19.6 Å². The van der Waals surface area contributed by atoms with Crippen molar-refractivity contribution >= 4 is 6.09 Å². The molecule has 1 atom stereocenters. The van der Waals surface area contributed by atoms with Crippen LogP contribution in [0.1, 0.15) is 38.1 Å². The third kappa shape index (κ3) is 2.40. The van der Waals surface area contributed by atoms with E-state index in [0.29, 0.717) is 0 Å². The fourth-order valence-corrected chi connectivity index (χ4v) is 3.07. The Morgan fingerprint density at radius 1 is 1.20 bits per heavy atom. The quantitative estimate of drug-likeness (QED) is 0.729. The number of benzene rings is 1. The molecule has 0 radical (unpaired) electrons. The maximum absolute atomic E-state index is 12.4. The minimum Gasteiger partial charge on any atom is -0.444 e. The average molecular weight is 274 g/mol. The summed E-state index contributed by atoms with van der Waals surface area (Å²) in [5.41, 5.74) is 2.16. The van der Waals surface area contributed by atoms with Crippen molar-refractivity contribution in [3.05, 3.63) is 35.4 Å². The standard InChI is InChI=1S/C16H22N2O2/c1-16(2,3)20-15(19)18-11-10-17-9-8-12-6-4-5-7-13(12)14(17)18/h4-7,14H,8-11H2,1-3H3. The van der Waals surface area contributed by atoms with Gasteiger partial charge in [0.1, 0.15) is 11.8 Å². The van der Waals surface area contributed by atoms with Crippen LogP contribution in [0.4, 0.5) is 4.79 Å². The lowest BCUT2D eigenvalue weighted by Gasteiger charge is -2.36. The SMILES string of the molecule is CC(C)(C)OC(=O)N1CCN2CCc3ccccc3C21. The van der Waals surface area contributed by atoms with Gasteiger partial charge in [-0.05, 0) is 38.3 Å². The second-order valence-corrected chi connectivity index (χ2v) is 6.53. The molecule has 0 spiro atoms. The molecule has 0 N–H and O–H groups in total. The highest BCUT2D eigenvalue weighted by molar-refractivity contribution is 5.69. The largest absolute Gasteiger partial charge is 0.444 e. The van der Waals surface area contributed by atoms with Crippen LogP contribution >= 0.6 is 0 Å². The molecule has 0 aromatic heterocycles. The maximum Gasteiger partial charge on any atom is 0.411 e. The van der Waals surface area contributed by atoms with Crippen molar-refractivity contribution in [3.8, 4) is 0 Å². The highest BCUT2D eigenvalue weighted by Gasteiger charge is 2.40. The molecule has 2 aliphatic rings. The lowest BCUT2D eigenvalue weighted by atomic mass is 9.97. The Hall–Kier alpha value is -1.55. The molecule has 1 unspecified atom stereocenters. The lowest BCUT2D eigenvalue weighted by molar-refractivity contribution is 0.0119. The molecule has 2 aliphatic heterocycles. The first-order valence-corrected chi connectivity index (χ1v) is 7.27. The number of hydrogen-bond acceptors (Lipinski definition) is 3. The molecule has 108 valence electrons. The molecule has 1 aromatic carbocycles. The number of nitrogens with zero attached hydrogens (tertiary/aromatic N) is 2. The summed E-state index contributed by atoms with van der Waals surface area (Å²) in [7, 11) is 0. The van der Waals surface area contributed by atoms with Gasteiger partial charge < -0.3 is 4.74 Å². The molecule has 1 aromatic rings. The van der Waals surface area contributed by atoms with E-state index in [0.717, 1.165) is 26.1 Å². The van der Waals surface area contributed by atoms with Gasteiger partial charge in [0.15, 0.2) is 0 Å². The van der Waals surface area contributed by atoms with Gasteiger partial charge >= 0.3 is 6.09 Å². The zero-order chi connectivity index (χ0) is 14.3. The normalized spacial score (nSPS) is 22.4. The maximum atomic E-state index is 12.4. The van der Waals surface area contributed by atoms with Crippen molar-refractivity contribution in [2.24, 2.45) is 0 Å². The van der Waals surface area contributed by atoms with E-state index in [4.69, 9.17) is 4.74 Å². The smallest absolute Gasteiger partial charge is 0.411 e. The third-order valence-corrected chi connectivity index (χ3v) is 3.90. The topological polar surface area (TPSA) is 32.8 Å². The zero-order valence-corrected chi connectivity index (χ0v) is 12.4. The minimum atomic E-state index is -0.446. The van der Waals surface area contributed by atoms with E-state index in [-0.39, 0.29) is 12.3 Å². The molecule has 3 rings (SSSR count). The molecule has 0 saturated carbocycles. The number of carbonyl (C=O) groups excluding carboxylic acids is 1. The van der Waals surface area contributed by atoms with Gasteiger partial charge in [-0.25, -0.2) is 4.79 Å². The molecule has 0 aliphatic carbocycles. The molecular weight excluding hydrogens is 252 g/mol. The Morgan fingerprint density at radius 2 is 1.95 bits per heavy atom. The predicted molar refractivity (Wildman–Crippen MR) is 77.4 cm³/mol. The number of ether oxygens (including phenoxy) is 1. The van der Waals surface area contributed by atoms with E-state index in [9.17, 15) is 4.79 Å². The van der Waals surface area contributed by atoms with Gasteiger partial charge in [-0.15, -0.1) is 0 Å². The summed E-state index contributed by atoms with van der Waals surface area (Å²) in [6.07, 6.45) is 0.908. The molecule has 1 amide bonds. The first-order valence-electron chi connectivity index (χ1n) is 7.27. The summed E-state index contributed by atoms with van der Waals surface area (Å²) >= 11 is 0. The first-order chi connectivity index (χ1) is 9.46. The third-order valence-electron chi connectivity index (χ3n) is 3.90. The molecule has 4 nitrogen and oxygen atoms in total. The molecule has 20 heavy (non-hydrogen) atoms. The first kappa shape index (κ1) is 13.4. The van der Waals surface area contributed by atoms with E-state index in [1.807, 2.05) is 31.7 Å². The Balaban J connectivity index is 1.87. The number of amides is 1. The lowest BCUT2D eigenvalue weighted by Crippen LogP contribution is -2.41. The van der Waals surface area contributed by atoms with Crippen LogP contribution in [0.25, 0.3) is 0 Å². The second-order valence-electron chi connectivity index (χ2n) is 6.53. The van der Waals surface area contributed by atoms with Gasteiger partial charge in [-0.1, -0.05) is 24.3 Å².